The summed E-state index contributed by atoms with van der Waals surface area (Å²) in [4.78, 5) is 0. The number of para-hydroxylation sites is 3. The van der Waals surface area contributed by atoms with Crippen molar-refractivity contribution in [3.8, 4) is 33.6 Å². The molecule has 0 saturated heterocycles. The molecule has 2 heteroatoms. The SMILES string of the molecule is CC1CC=Cc2c1c1ccccc1n2-c1cc(-c2ccc3c(c2)-c2ccccc2C3)cc(-n2c3ccccc3c3ccccc32)c1. The van der Waals surface area contributed by atoms with E-state index in [0.29, 0.717) is 5.92 Å². The van der Waals surface area contributed by atoms with Crippen molar-refractivity contribution in [2.45, 2.75) is 25.7 Å². The van der Waals surface area contributed by atoms with Gasteiger partial charge in [0.05, 0.1) is 16.6 Å². The fourth-order valence-electron chi connectivity index (χ4n) is 8.27. The van der Waals surface area contributed by atoms with E-state index < -0.39 is 0 Å². The highest BCUT2D eigenvalue weighted by atomic mass is 15.0. The molecule has 0 aliphatic heterocycles. The van der Waals surface area contributed by atoms with Crippen LogP contribution < -0.4 is 0 Å². The summed E-state index contributed by atoms with van der Waals surface area (Å²) in [6, 6.07) is 49.7. The second-order valence-electron chi connectivity index (χ2n) is 13.0. The molecule has 0 N–H and O–H groups in total. The summed E-state index contributed by atoms with van der Waals surface area (Å²) >= 11 is 0. The van der Waals surface area contributed by atoms with Crippen LogP contribution in [0.15, 0.2) is 140 Å². The van der Waals surface area contributed by atoms with E-state index in [4.69, 9.17) is 0 Å². The molecule has 0 fully saturated rings. The maximum Gasteiger partial charge on any atom is 0.0541 e. The van der Waals surface area contributed by atoms with Crippen molar-refractivity contribution in [1.82, 2.24) is 9.13 Å². The average Bonchev–Trinajstić information content (AvgIpc) is 3.76. The van der Waals surface area contributed by atoms with Gasteiger partial charge in [0.1, 0.15) is 0 Å². The molecule has 1 unspecified atom stereocenters. The summed E-state index contributed by atoms with van der Waals surface area (Å²) in [5.74, 6) is 0.475. The third kappa shape index (κ3) is 3.64. The summed E-state index contributed by atoms with van der Waals surface area (Å²) < 4.78 is 4.96. The molecule has 2 aliphatic carbocycles. The molecule has 8 aromatic rings. The predicted octanol–water partition coefficient (Wildman–Crippen LogP) is 11.5. The van der Waals surface area contributed by atoms with Gasteiger partial charge in [-0.05, 0) is 106 Å². The Bertz CT molecular complexity index is 2500. The topological polar surface area (TPSA) is 9.86 Å². The van der Waals surface area contributed by atoms with Crippen LogP contribution in [0.2, 0.25) is 0 Å². The Labute approximate surface area is 268 Å². The number of allylic oxidation sites excluding steroid dienone is 1. The highest BCUT2D eigenvalue weighted by Gasteiger charge is 2.24. The Hall–Kier alpha value is -5.60. The predicted molar refractivity (Wildman–Crippen MR) is 193 cm³/mol. The van der Waals surface area contributed by atoms with Crippen LogP contribution in [0, 0.1) is 0 Å². The quantitative estimate of drug-likeness (QED) is 0.194. The molecule has 2 nitrogen and oxygen atoms in total. The third-order valence-corrected chi connectivity index (χ3v) is 10.3. The number of hydrogen-bond acceptors (Lipinski definition) is 0. The molecule has 10 rings (SSSR count). The zero-order valence-corrected chi connectivity index (χ0v) is 25.7. The van der Waals surface area contributed by atoms with Gasteiger partial charge in [0.2, 0.25) is 0 Å². The lowest BCUT2D eigenvalue weighted by Gasteiger charge is -2.19. The van der Waals surface area contributed by atoms with Crippen LogP contribution in [-0.2, 0) is 6.42 Å². The van der Waals surface area contributed by atoms with Gasteiger partial charge in [-0.1, -0.05) is 104 Å². The average molecular weight is 589 g/mol. The standard InChI is InChI=1S/C44H32N2/c1-28-11-10-20-43-44(28)38-16-6-9-19-42(38)46(43)34-25-32(29-21-22-31-23-30-12-2-3-13-35(30)39(31)26-29)24-33(27-34)45-40-17-7-4-14-36(40)37-15-5-8-18-41(37)45/h2-10,12-22,24-28H,11,23H2,1H3. The fourth-order valence-corrected chi connectivity index (χ4v) is 8.27. The summed E-state index contributed by atoms with van der Waals surface area (Å²) in [5, 5.41) is 3.91. The van der Waals surface area contributed by atoms with E-state index in [-0.39, 0.29) is 0 Å². The van der Waals surface area contributed by atoms with Gasteiger partial charge in [-0.3, -0.25) is 0 Å². The van der Waals surface area contributed by atoms with Crippen molar-refractivity contribution in [3.05, 3.63) is 162 Å². The van der Waals surface area contributed by atoms with E-state index in [1.807, 2.05) is 0 Å². The van der Waals surface area contributed by atoms with Crippen LogP contribution in [-0.4, -0.2) is 9.13 Å². The monoisotopic (exact) mass is 588 g/mol. The van der Waals surface area contributed by atoms with Gasteiger partial charge in [0, 0.05) is 33.2 Å². The molecule has 46 heavy (non-hydrogen) atoms. The summed E-state index contributed by atoms with van der Waals surface area (Å²) in [7, 11) is 0. The summed E-state index contributed by atoms with van der Waals surface area (Å²) in [6.45, 7) is 2.36. The minimum atomic E-state index is 0.475. The first-order valence-electron chi connectivity index (χ1n) is 16.4. The normalized spacial score (nSPS) is 15.0. The van der Waals surface area contributed by atoms with E-state index >= 15 is 0 Å². The molecule has 0 bridgehead atoms. The van der Waals surface area contributed by atoms with Gasteiger partial charge in [-0.25, -0.2) is 0 Å². The Morgan fingerprint density at radius 3 is 1.89 bits per heavy atom. The molecule has 6 aromatic carbocycles. The molecular weight excluding hydrogens is 556 g/mol. The van der Waals surface area contributed by atoms with E-state index in [1.54, 1.807) is 0 Å². The first-order valence-corrected chi connectivity index (χ1v) is 16.4. The molecule has 0 radical (unpaired) electrons. The van der Waals surface area contributed by atoms with Crippen molar-refractivity contribution in [2.24, 2.45) is 0 Å². The van der Waals surface area contributed by atoms with Gasteiger partial charge in [-0.2, -0.15) is 0 Å². The van der Waals surface area contributed by atoms with Gasteiger partial charge in [0.25, 0.3) is 0 Å². The maximum absolute atomic E-state index is 2.50. The third-order valence-electron chi connectivity index (χ3n) is 10.3. The minimum Gasteiger partial charge on any atom is -0.309 e. The van der Waals surface area contributed by atoms with Gasteiger partial charge >= 0.3 is 0 Å². The molecule has 0 spiro atoms. The van der Waals surface area contributed by atoms with Crippen molar-refractivity contribution in [3.63, 3.8) is 0 Å². The number of hydrogen-bond donors (Lipinski definition) is 0. The lowest BCUT2D eigenvalue weighted by Crippen LogP contribution is -2.04. The van der Waals surface area contributed by atoms with Crippen LogP contribution in [0.3, 0.4) is 0 Å². The van der Waals surface area contributed by atoms with Crippen molar-refractivity contribution >= 4 is 38.8 Å². The van der Waals surface area contributed by atoms with Crippen molar-refractivity contribution in [1.29, 1.82) is 0 Å². The van der Waals surface area contributed by atoms with E-state index in [9.17, 15) is 0 Å². The van der Waals surface area contributed by atoms with Gasteiger partial charge < -0.3 is 9.13 Å². The van der Waals surface area contributed by atoms with Crippen molar-refractivity contribution < 1.29 is 0 Å². The highest BCUT2D eigenvalue weighted by Crippen LogP contribution is 2.43. The van der Waals surface area contributed by atoms with Gasteiger partial charge in [0.15, 0.2) is 0 Å². The van der Waals surface area contributed by atoms with Crippen LogP contribution in [0.1, 0.15) is 41.6 Å². The summed E-state index contributed by atoms with van der Waals surface area (Å²) in [5.41, 5.74) is 16.8. The second kappa shape index (κ2) is 9.70. The molecular formula is C44H32N2. The Balaban J connectivity index is 1.29. The van der Waals surface area contributed by atoms with Crippen molar-refractivity contribution in [2.75, 3.05) is 0 Å². The first-order chi connectivity index (χ1) is 22.7. The Kier molecular flexibility index (Phi) is 5.42. The lowest BCUT2D eigenvalue weighted by atomic mass is 9.91. The lowest BCUT2D eigenvalue weighted by molar-refractivity contribution is 0.773. The van der Waals surface area contributed by atoms with Gasteiger partial charge in [-0.15, -0.1) is 0 Å². The zero-order chi connectivity index (χ0) is 30.4. The number of nitrogens with zero attached hydrogens (tertiary/aromatic N) is 2. The number of fused-ring (bicyclic) bond motifs is 9. The van der Waals surface area contributed by atoms with Crippen LogP contribution in [0.25, 0.3) is 72.4 Å². The summed E-state index contributed by atoms with van der Waals surface area (Å²) in [6.07, 6.45) is 6.77. The van der Waals surface area contributed by atoms with Crippen LogP contribution in [0.5, 0.6) is 0 Å². The maximum atomic E-state index is 2.50. The minimum absolute atomic E-state index is 0.475. The molecule has 218 valence electrons. The largest absolute Gasteiger partial charge is 0.309 e. The molecule has 1 atom stereocenters. The number of rotatable bonds is 3. The first kappa shape index (κ1) is 25.7. The van der Waals surface area contributed by atoms with E-state index in [1.165, 1.54) is 88.7 Å². The van der Waals surface area contributed by atoms with Crippen LogP contribution >= 0.6 is 0 Å². The highest BCUT2D eigenvalue weighted by molar-refractivity contribution is 6.09. The Morgan fingerprint density at radius 2 is 1.13 bits per heavy atom. The van der Waals surface area contributed by atoms with E-state index in [2.05, 4.69) is 162 Å². The Morgan fingerprint density at radius 1 is 0.522 bits per heavy atom. The van der Waals surface area contributed by atoms with Crippen LogP contribution in [0.4, 0.5) is 0 Å². The molecule has 0 amide bonds. The molecule has 2 aromatic heterocycles. The number of benzene rings is 6. The second-order valence-corrected chi connectivity index (χ2v) is 13.0. The molecule has 2 heterocycles. The molecule has 2 aliphatic rings. The zero-order valence-electron chi connectivity index (χ0n) is 25.7. The smallest absolute Gasteiger partial charge is 0.0541 e. The van der Waals surface area contributed by atoms with E-state index in [0.717, 1.165) is 12.8 Å². The number of aromatic nitrogens is 2. The molecule has 0 saturated carbocycles. The fraction of sp³-hybridized carbons (Fsp3) is 0.0909.